The summed E-state index contributed by atoms with van der Waals surface area (Å²) in [6.45, 7) is 11.5. The molecule has 2 aromatic heterocycles. The van der Waals surface area contributed by atoms with Gasteiger partial charge in [-0.1, -0.05) is 25.4 Å². The van der Waals surface area contributed by atoms with Gasteiger partial charge in [-0.05, 0) is 50.2 Å². The maximum absolute atomic E-state index is 6.58. The van der Waals surface area contributed by atoms with Crippen molar-refractivity contribution >= 4 is 34.1 Å². The van der Waals surface area contributed by atoms with Gasteiger partial charge in [0.05, 0.1) is 5.39 Å². The monoisotopic (exact) mass is 456 g/mol. The number of aromatic nitrogens is 4. The molecule has 3 heterocycles. The molecule has 3 N–H and O–H groups in total. The maximum Gasteiger partial charge on any atom is 0.186 e. The van der Waals surface area contributed by atoms with Gasteiger partial charge in [0.25, 0.3) is 0 Å². The number of nitrogens with zero attached hydrogens (tertiary/aromatic N) is 6. The lowest BCUT2D eigenvalue weighted by Gasteiger charge is -2.38. The van der Waals surface area contributed by atoms with Crippen molar-refractivity contribution in [2.45, 2.75) is 33.2 Å². The number of aryl methyl sites for hydroxylation is 1. The summed E-state index contributed by atoms with van der Waals surface area (Å²) in [5.41, 5.74) is 11.6. The van der Waals surface area contributed by atoms with E-state index in [2.05, 4.69) is 74.8 Å². The third-order valence-corrected chi connectivity index (χ3v) is 6.90. The summed E-state index contributed by atoms with van der Waals surface area (Å²) in [5, 5.41) is 9.25. The molecule has 9 heteroatoms. The number of aromatic amines is 1. The predicted octanol–water partition coefficient (Wildman–Crippen LogP) is 3.16. The SMILES string of the molecule is CCc1[nH]nc2ncnc(N3CCN(c4cc(Cl)cc(C(CN)N(C)CC)c4C)CC3)c12. The zero-order chi connectivity index (χ0) is 22.8. The van der Waals surface area contributed by atoms with Crippen molar-refractivity contribution in [3.63, 3.8) is 0 Å². The molecule has 1 aliphatic rings. The van der Waals surface area contributed by atoms with Crippen LogP contribution in [0, 0.1) is 6.92 Å². The zero-order valence-electron chi connectivity index (χ0n) is 19.4. The number of benzene rings is 1. The molecule has 0 amide bonds. The highest BCUT2D eigenvalue weighted by molar-refractivity contribution is 6.31. The first-order valence-corrected chi connectivity index (χ1v) is 11.7. The van der Waals surface area contributed by atoms with E-state index < -0.39 is 0 Å². The number of likely N-dealkylation sites (N-methyl/N-ethyl adjacent to an activating group) is 1. The van der Waals surface area contributed by atoms with Crippen molar-refractivity contribution in [3.8, 4) is 0 Å². The maximum atomic E-state index is 6.58. The highest BCUT2D eigenvalue weighted by atomic mass is 35.5. The molecule has 1 atom stereocenters. The first-order chi connectivity index (χ1) is 15.5. The van der Waals surface area contributed by atoms with E-state index >= 15 is 0 Å². The fourth-order valence-corrected chi connectivity index (χ4v) is 4.90. The number of hydrogen-bond donors (Lipinski definition) is 2. The summed E-state index contributed by atoms with van der Waals surface area (Å²) < 4.78 is 0. The Morgan fingerprint density at radius 2 is 1.88 bits per heavy atom. The molecule has 1 aliphatic heterocycles. The molecular formula is C23H33ClN8. The molecule has 0 saturated carbocycles. The summed E-state index contributed by atoms with van der Waals surface area (Å²) in [7, 11) is 2.11. The van der Waals surface area contributed by atoms with Gasteiger partial charge in [0, 0.05) is 55.2 Å². The van der Waals surface area contributed by atoms with Gasteiger partial charge in [0.2, 0.25) is 0 Å². The summed E-state index contributed by atoms with van der Waals surface area (Å²) in [5.74, 6) is 0.969. The standard InChI is InChI=1S/C23H33ClN8/c1-5-18-21-22(29-28-18)26-14-27-23(21)32-9-7-31(8-10-32)19-12-16(24)11-17(15(19)3)20(13-25)30(4)6-2/h11-12,14,20H,5-10,13,25H2,1-4H3,(H,26,27,28,29). The van der Waals surface area contributed by atoms with Crippen molar-refractivity contribution in [2.24, 2.45) is 5.73 Å². The van der Waals surface area contributed by atoms with E-state index in [1.807, 2.05) is 0 Å². The van der Waals surface area contributed by atoms with Crippen molar-refractivity contribution < 1.29 is 0 Å². The Balaban J connectivity index is 1.58. The molecule has 4 rings (SSSR count). The minimum atomic E-state index is 0.154. The van der Waals surface area contributed by atoms with Crippen molar-refractivity contribution in [2.75, 3.05) is 56.1 Å². The smallest absolute Gasteiger partial charge is 0.186 e. The van der Waals surface area contributed by atoms with Crippen LogP contribution in [-0.2, 0) is 6.42 Å². The average Bonchev–Trinajstić information content (AvgIpc) is 3.25. The van der Waals surface area contributed by atoms with Crippen molar-refractivity contribution in [1.82, 2.24) is 25.1 Å². The van der Waals surface area contributed by atoms with Gasteiger partial charge in [-0.25, -0.2) is 9.97 Å². The molecule has 1 unspecified atom stereocenters. The molecule has 1 saturated heterocycles. The lowest BCUT2D eigenvalue weighted by Crippen LogP contribution is -2.47. The molecule has 3 aromatic rings. The van der Waals surface area contributed by atoms with Crippen LogP contribution in [-0.4, -0.2) is 71.4 Å². The first kappa shape index (κ1) is 22.8. The number of halogens is 1. The van der Waals surface area contributed by atoms with Gasteiger partial charge in [-0.3, -0.25) is 10.00 Å². The Labute approximate surface area is 194 Å². The van der Waals surface area contributed by atoms with Crippen LogP contribution in [0.4, 0.5) is 11.5 Å². The highest BCUT2D eigenvalue weighted by Crippen LogP contribution is 2.34. The number of H-pyrrole nitrogens is 1. The fraction of sp³-hybridized carbons (Fsp3) is 0.522. The Morgan fingerprint density at radius 3 is 2.53 bits per heavy atom. The molecule has 0 bridgehead atoms. The number of nitrogens with one attached hydrogen (secondary N) is 1. The van der Waals surface area contributed by atoms with Crippen LogP contribution >= 0.6 is 11.6 Å². The van der Waals surface area contributed by atoms with E-state index in [1.54, 1.807) is 6.33 Å². The molecule has 0 radical (unpaired) electrons. The quantitative estimate of drug-likeness (QED) is 0.564. The number of anilines is 2. The highest BCUT2D eigenvalue weighted by Gasteiger charge is 2.25. The molecular weight excluding hydrogens is 424 g/mol. The average molecular weight is 457 g/mol. The van der Waals surface area contributed by atoms with E-state index in [9.17, 15) is 0 Å². The lowest BCUT2D eigenvalue weighted by molar-refractivity contribution is 0.263. The van der Waals surface area contributed by atoms with Crippen LogP contribution in [0.25, 0.3) is 11.0 Å². The number of hydrogen-bond acceptors (Lipinski definition) is 7. The third kappa shape index (κ3) is 4.14. The van der Waals surface area contributed by atoms with Crippen molar-refractivity contribution in [3.05, 3.63) is 40.3 Å². The summed E-state index contributed by atoms with van der Waals surface area (Å²) in [6, 6.07) is 4.31. The van der Waals surface area contributed by atoms with Crippen LogP contribution in [0.3, 0.4) is 0 Å². The fourth-order valence-electron chi connectivity index (χ4n) is 4.68. The molecule has 0 spiro atoms. The second-order valence-electron chi connectivity index (χ2n) is 8.39. The van der Waals surface area contributed by atoms with E-state index in [4.69, 9.17) is 17.3 Å². The zero-order valence-corrected chi connectivity index (χ0v) is 20.2. The van der Waals surface area contributed by atoms with E-state index in [-0.39, 0.29) is 6.04 Å². The summed E-state index contributed by atoms with van der Waals surface area (Å²) in [6.07, 6.45) is 2.48. The van der Waals surface area contributed by atoms with Crippen molar-refractivity contribution in [1.29, 1.82) is 0 Å². The second-order valence-corrected chi connectivity index (χ2v) is 8.83. The Kier molecular flexibility index (Phi) is 6.83. The number of piperazine rings is 1. The van der Waals surface area contributed by atoms with Crippen LogP contribution in [0.5, 0.6) is 0 Å². The van der Waals surface area contributed by atoms with E-state index in [0.29, 0.717) is 6.54 Å². The molecule has 1 aromatic carbocycles. The number of nitrogens with two attached hydrogens (primary N) is 1. The van der Waals surface area contributed by atoms with Gasteiger partial charge in [-0.2, -0.15) is 5.10 Å². The van der Waals surface area contributed by atoms with E-state index in [1.165, 1.54) is 16.8 Å². The van der Waals surface area contributed by atoms with Crippen LogP contribution in [0.1, 0.15) is 36.7 Å². The third-order valence-electron chi connectivity index (χ3n) is 6.68. The minimum absolute atomic E-state index is 0.154. The Bertz CT molecular complexity index is 1070. The van der Waals surface area contributed by atoms with Gasteiger partial charge < -0.3 is 15.5 Å². The summed E-state index contributed by atoms with van der Waals surface area (Å²) in [4.78, 5) is 16.0. The lowest BCUT2D eigenvalue weighted by atomic mass is 9.97. The number of rotatable bonds is 7. The molecule has 32 heavy (non-hydrogen) atoms. The second kappa shape index (κ2) is 9.60. The topological polar surface area (TPSA) is 90.2 Å². The minimum Gasteiger partial charge on any atom is -0.368 e. The van der Waals surface area contributed by atoms with Crippen LogP contribution in [0.2, 0.25) is 5.02 Å². The van der Waals surface area contributed by atoms with Gasteiger partial charge in [0.1, 0.15) is 12.1 Å². The molecule has 8 nitrogen and oxygen atoms in total. The number of fused-ring (bicyclic) bond motifs is 1. The largest absolute Gasteiger partial charge is 0.368 e. The van der Waals surface area contributed by atoms with Crippen LogP contribution < -0.4 is 15.5 Å². The normalized spacial score (nSPS) is 15.7. The van der Waals surface area contributed by atoms with Gasteiger partial charge in [0.15, 0.2) is 5.65 Å². The van der Waals surface area contributed by atoms with Crippen LogP contribution in [0.15, 0.2) is 18.5 Å². The van der Waals surface area contributed by atoms with Gasteiger partial charge in [-0.15, -0.1) is 0 Å². The molecule has 1 fully saturated rings. The van der Waals surface area contributed by atoms with Gasteiger partial charge >= 0.3 is 0 Å². The predicted molar refractivity (Wildman–Crippen MR) is 132 cm³/mol. The first-order valence-electron chi connectivity index (χ1n) is 11.4. The molecule has 172 valence electrons. The Hall–Kier alpha value is -2.42. The Morgan fingerprint density at radius 1 is 1.16 bits per heavy atom. The van der Waals surface area contributed by atoms with E-state index in [0.717, 1.165) is 66.7 Å². The summed E-state index contributed by atoms with van der Waals surface area (Å²) >= 11 is 6.58. The molecule has 0 aliphatic carbocycles.